The molecule has 0 bridgehead atoms. The van der Waals surface area contributed by atoms with Gasteiger partial charge < -0.3 is 4.28 Å². The average Bonchev–Trinajstić information content (AvgIpc) is 1.72. The molecule has 1 aliphatic carbocycles. The van der Waals surface area contributed by atoms with Gasteiger partial charge in [-0.15, -0.1) is 0 Å². The molecule has 0 N–H and O–H groups in total. The molecule has 0 aliphatic heterocycles. The normalized spacial score (nSPS) is 18.0. The van der Waals surface area contributed by atoms with Crippen molar-refractivity contribution >= 4 is 10.1 Å². The Morgan fingerprint density at radius 3 is 1.00 bits per heavy atom. The fourth-order valence-corrected chi connectivity index (χ4v) is 1.06. The maximum absolute atomic E-state index is 1.50. The van der Waals surface area contributed by atoms with Crippen LogP contribution in [-0.4, -0.2) is 10.1 Å². The van der Waals surface area contributed by atoms with Crippen molar-refractivity contribution in [1.29, 1.82) is 0 Å². The summed E-state index contributed by atoms with van der Waals surface area (Å²) in [5.41, 5.74) is 0. The quantitative estimate of drug-likeness (QED) is 0.391. The fraction of sp³-hybridized carbons (Fsp3) is 1.00. The van der Waals surface area contributed by atoms with Gasteiger partial charge in [-0.2, -0.15) is 0 Å². The minimum atomic E-state index is 0. The van der Waals surface area contributed by atoms with Crippen LogP contribution in [0.3, 0.4) is 0 Å². The van der Waals surface area contributed by atoms with Crippen molar-refractivity contribution in [3.05, 3.63) is 0 Å². The van der Waals surface area contributed by atoms with Crippen molar-refractivity contribution < 1.29 is 36.7 Å². The maximum Gasteiger partial charge on any atom is 2.00 e. The number of hydrogen-bond acceptors (Lipinski definition) is 0. The van der Waals surface area contributed by atoms with E-state index in [1.165, 1.54) is 38.5 Å². The van der Waals surface area contributed by atoms with Crippen molar-refractivity contribution in [3.63, 3.8) is 0 Å². The monoisotopic (exact) mass is 123 g/mol. The summed E-state index contributed by atoms with van der Waals surface area (Å²) >= 11 is 0. The third kappa shape index (κ3) is 5.31. The maximum atomic E-state index is 1.50. The topological polar surface area (TPSA) is 0 Å². The van der Waals surface area contributed by atoms with Gasteiger partial charge in [0.25, 0.3) is 0 Å². The van der Waals surface area contributed by atoms with Gasteiger partial charge in [-0.25, -0.2) is 0 Å². The van der Waals surface area contributed by atoms with Crippen molar-refractivity contribution in [1.82, 2.24) is 0 Å². The molecule has 0 unspecified atom stereocenters. The Kier molecular flexibility index (Phi) is 12.2. The van der Waals surface area contributed by atoms with Crippen LogP contribution in [0.25, 0.3) is 0 Å². The largest absolute Gasteiger partial charge is 2.00 e. The molecule has 2 heteroatoms. The zero-order chi connectivity index (χ0) is 4.24. The van der Waals surface area contributed by atoms with Gasteiger partial charge in [0.15, 0.2) is 0 Å². The first-order valence-electron chi connectivity index (χ1n) is 3.00. The Bertz CT molecular complexity index is 36.5. The summed E-state index contributed by atoms with van der Waals surface area (Å²) < 4.78 is 0. The Hall–Kier alpha value is 1.17. The molecule has 0 amide bonds. The summed E-state index contributed by atoms with van der Waals surface area (Å²) in [5, 5.41) is 0. The van der Waals surface area contributed by atoms with E-state index in [-0.39, 0.29) is 46.8 Å². The van der Waals surface area contributed by atoms with Crippen LogP contribution in [0.1, 0.15) is 45.7 Å². The summed E-state index contributed by atoms with van der Waals surface area (Å²) in [6, 6.07) is 0. The van der Waals surface area contributed by atoms with E-state index in [4.69, 9.17) is 0 Å². The smallest absolute Gasteiger partial charge is 1.00 e. The second-order valence-electron chi connectivity index (χ2n) is 2.12. The van der Waals surface area contributed by atoms with Crippen LogP contribution >= 0.6 is 0 Å². The van der Waals surface area contributed by atoms with E-state index in [0.717, 1.165) is 0 Å². The van der Waals surface area contributed by atoms with Gasteiger partial charge in [-0.3, -0.25) is 0 Å². The van der Waals surface area contributed by atoms with Crippen LogP contribution < -0.4 is 29.6 Å². The first-order valence-corrected chi connectivity index (χ1v) is 3.00. The molecular weight excluding hydrogens is 104 g/mol. The van der Waals surface area contributed by atoms with E-state index in [1.54, 1.807) is 0 Å². The van der Waals surface area contributed by atoms with E-state index in [9.17, 15) is 0 Å². The predicted molar refractivity (Wildman–Crippen MR) is 41.0 cm³/mol. The number of hydrogen-bond donors (Lipinski definition) is 0. The second kappa shape index (κ2) is 8.17. The molecule has 0 aromatic carbocycles. The van der Waals surface area contributed by atoms with Crippen molar-refractivity contribution in [3.8, 4) is 0 Å². The van der Waals surface area contributed by atoms with Crippen LogP contribution in [0.5, 0.6) is 0 Å². The molecule has 0 saturated heterocycles. The summed E-state index contributed by atoms with van der Waals surface area (Å²) in [6.45, 7) is 0. The van der Waals surface area contributed by atoms with Crippen LogP contribution in [-0.2, 0) is 0 Å². The van der Waals surface area contributed by atoms with Gasteiger partial charge in [0.1, 0.15) is 0 Å². The number of rotatable bonds is 0. The first kappa shape index (κ1) is 11.9. The molecule has 8 heavy (non-hydrogen) atoms. The van der Waals surface area contributed by atoms with Gasteiger partial charge in [-0.05, 0) is 0 Å². The molecule has 0 heterocycles. The van der Waals surface area contributed by atoms with Crippen molar-refractivity contribution in [2.45, 2.75) is 38.5 Å². The van der Waals surface area contributed by atoms with E-state index in [2.05, 4.69) is 0 Å². The van der Waals surface area contributed by atoms with Gasteiger partial charge in [0, 0.05) is 2.85 Å². The molecule has 0 atom stereocenters. The zero-order valence-corrected chi connectivity index (χ0v) is 7.95. The van der Waals surface area contributed by atoms with Gasteiger partial charge in [0.05, 0.1) is 0 Å². The van der Waals surface area contributed by atoms with E-state index >= 15 is 0 Å². The molecular formula is C6H19BeNa. The third-order valence-electron chi connectivity index (χ3n) is 1.50. The molecule has 0 nitrogen and oxygen atoms in total. The third-order valence-corrected chi connectivity index (χ3v) is 1.50. The summed E-state index contributed by atoms with van der Waals surface area (Å²) in [4.78, 5) is 0. The second-order valence-corrected chi connectivity index (χ2v) is 2.12. The van der Waals surface area contributed by atoms with Crippen molar-refractivity contribution in [2.24, 2.45) is 0 Å². The van der Waals surface area contributed by atoms with Crippen LogP contribution in [0.15, 0.2) is 0 Å². The van der Waals surface area contributed by atoms with Crippen molar-refractivity contribution in [2.75, 3.05) is 0 Å². The van der Waals surface area contributed by atoms with Crippen LogP contribution in [0, 0.1) is 0 Å². The Morgan fingerprint density at radius 1 is 0.750 bits per heavy atom. The van der Waals surface area contributed by atoms with Gasteiger partial charge >= 0.3 is 39.7 Å². The minimum absolute atomic E-state index is 0. The molecule has 1 rings (SSSR count). The van der Waals surface area contributed by atoms with E-state index in [0.29, 0.717) is 0 Å². The van der Waals surface area contributed by atoms with Gasteiger partial charge in [-0.1, -0.05) is 38.5 Å². The standard InChI is InChI=1S/C6H12.Be.Na.2H2.3H/c1-2-4-6-5-3-1;;;;;;;/h1-6H2;;;2*1H;;;/q;+2;+1;;;3*-1. The molecule has 1 aliphatic rings. The summed E-state index contributed by atoms with van der Waals surface area (Å²) in [6.07, 6.45) is 9.00. The molecule has 1 saturated carbocycles. The molecule has 1 fully saturated rings. The predicted octanol–water partition coefficient (Wildman–Crippen LogP) is -0.207. The molecule has 46 valence electrons. The van der Waals surface area contributed by atoms with E-state index in [1.807, 2.05) is 0 Å². The zero-order valence-electron chi connectivity index (χ0n) is 8.95. The minimum Gasteiger partial charge on any atom is -1.00 e. The molecule has 0 aromatic rings. The Balaban J connectivity index is -0.0000000103. The van der Waals surface area contributed by atoms with E-state index < -0.39 is 0 Å². The molecule has 0 spiro atoms. The summed E-state index contributed by atoms with van der Waals surface area (Å²) in [5.74, 6) is 0. The fourth-order valence-electron chi connectivity index (χ4n) is 1.06. The Labute approximate surface area is 85.4 Å². The van der Waals surface area contributed by atoms with Crippen LogP contribution in [0.4, 0.5) is 0 Å². The average molecular weight is 123 g/mol. The summed E-state index contributed by atoms with van der Waals surface area (Å²) in [7, 11) is 0. The Morgan fingerprint density at radius 2 is 0.875 bits per heavy atom. The van der Waals surface area contributed by atoms with Gasteiger partial charge in [0.2, 0.25) is 0 Å². The first-order chi connectivity index (χ1) is 3.00. The van der Waals surface area contributed by atoms with Crippen LogP contribution in [0.2, 0.25) is 0 Å². The SMILES string of the molecule is C1CCCCC1.[Be+2].[H-].[H-].[H-].[HH].[HH].[Na+]. The molecule has 0 radical (unpaired) electrons. The molecule has 0 aromatic heterocycles.